The van der Waals surface area contributed by atoms with Gasteiger partial charge in [0.15, 0.2) is 0 Å². The molecule has 1 N–H and O–H groups in total. The van der Waals surface area contributed by atoms with Crippen molar-refractivity contribution in [1.82, 2.24) is 15.3 Å². The van der Waals surface area contributed by atoms with Crippen LogP contribution in [0.15, 0.2) is 30.6 Å². The SMILES string of the molecule is Cc1ccc(C(C)NC(C)c2nccnc2C)c(C)c1. The number of hydrogen-bond acceptors (Lipinski definition) is 3. The van der Waals surface area contributed by atoms with E-state index in [1.165, 1.54) is 16.7 Å². The summed E-state index contributed by atoms with van der Waals surface area (Å²) in [4.78, 5) is 8.74. The van der Waals surface area contributed by atoms with E-state index in [4.69, 9.17) is 0 Å². The zero-order valence-electron chi connectivity index (χ0n) is 12.9. The van der Waals surface area contributed by atoms with E-state index in [0.717, 1.165) is 11.4 Å². The van der Waals surface area contributed by atoms with Crippen molar-refractivity contribution in [3.8, 4) is 0 Å². The number of benzene rings is 1. The van der Waals surface area contributed by atoms with Gasteiger partial charge in [0, 0.05) is 24.5 Å². The van der Waals surface area contributed by atoms with Crippen molar-refractivity contribution in [2.45, 2.75) is 46.7 Å². The van der Waals surface area contributed by atoms with E-state index in [9.17, 15) is 0 Å². The lowest BCUT2D eigenvalue weighted by Gasteiger charge is -2.22. The van der Waals surface area contributed by atoms with Gasteiger partial charge >= 0.3 is 0 Å². The van der Waals surface area contributed by atoms with E-state index in [0.29, 0.717) is 0 Å². The molecule has 0 aliphatic rings. The molecule has 0 fully saturated rings. The van der Waals surface area contributed by atoms with Gasteiger partial charge in [-0.15, -0.1) is 0 Å². The second kappa shape index (κ2) is 6.14. The molecule has 0 bridgehead atoms. The Morgan fingerprint density at radius 1 is 0.950 bits per heavy atom. The standard InChI is InChI=1S/C17H23N3/c1-11-6-7-16(12(2)10-11)13(3)20-15(5)17-14(4)18-8-9-19-17/h6-10,13,15,20H,1-5H3. The van der Waals surface area contributed by atoms with Crippen LogP contribution in [0.25, 0.3) is 0 Å². The fourth-order valence-corrected chi connectivity index (χ4v) is 2.70. The monoisotopic (exact) mass is 269 g/mol. The number of rotatable bonds is 4. The number of aromatic nitrogens is 2. The molecule has 2 atom stereocenters. The molecule has 1 aromatic heterocycles. The summed E-state index contributed by atoms with van der Waals surface area (Å²) in [5.74, 6) is 0. The lowest BCUT2D eigenvalue weighted by atomic mass is 9.99. The smallest absolute Gasteiger partial charge is 0.0782 e. The first-order valence-corrected chi connectivity index (χ1v) is 7.09. The van der Waals surface area contributed by atoms with Crippen LogP contribution < -0.4 is 5.32 Å². The van der Waals surface area contributed by atoms with Gasteiger partial charge < -0.3 is 5.32 Å². The van der Waals surface area contributed by atoms with E-state index < -0.39 is 0 Å². The summed E-state index contributed by atoms with van der Waals surface area (Å²) < 4.78 is 0. The number of nitrogens with one attached hydrogen (secondary N) is 1. The lowest BCUT2D eigenvalue weighted by molar-refractivity contribution is 0.481. The van der Waals surface area contributed by atoms with Crippen LogP contribution in [0.2, 0.25) is 0 Å². The van der Waals surface area contributed by atoms with Gasteiger partial charge in [0.1, 0.15) is 0 Å². The summed E-state index contributed by atoms with van der Waals surface area (Å²) in [5.41, 5.74) is 5.97. The van der Waals surface area contributed by atoms with Gasteiger partial charge in [0.25, 0.3) is 0 Å². The third kappa shape index (κ3) is 3.23. The molecule has 0 aliphatic carbocycles. The molecule has 2 rings (SSSR count). The van der Waals surface area contributed by atoms with Gasteiger partial charge in [0.05, 0.1) is 11.4 Å². The fraction of sp³-hybridized carbons (Fsp3) is 0.412. The predicted octanol–water partition coefficient (Wildman–Crippen LogP) is 3.81. The Morgan fingerprint density at radius 3 is 2.30 bits per heavy atom. The maximum Gasteiger partial charge on any atom is 0.0782 e. The van der Waals surface area contributed by atoms with Gasteiger partial charge in [-0.1, -0.05) is 23.8 Å². The Hall–Kier alpha value is -1.74. The van der Waals surface area contributed by atoms with E-state index in [1.807, 2.05) is 6.92 Å². The van der Waals surface area contributed by atoms with Gasteiger partial charge in [0.2, 0.25) is 0 Å². The molecule has 0 amide bonds. The van der Waals surface area contributed by atoms with Crippen molar-refractivity contribution >= 4 is 0 Å². The van der Waals surface area contributed by atoms with Crippen LogP contribution in [0.1, 0.15) is 54.0 Å². The minimum atomic E-state index is 0.180. The van der Waals surface area contributed by atoms with E-state index in [1.54, 1.807) is 12.4 Å². The molecule has 0 spiro atoms. The molecule has 0 saturated carbocycles. The Labute approximate surface area is 121 Å². The molecule has 3 nitrogen and oxygen atoms in total. The molecule has 0 aliphatic heterocycles. The molecular formula is C17H23N3. The zero-order chi connectivity index (χ0) is 14.7. The summed E-state index contributed by atoms with van der Waals surface area (Å²) in [6, 6.07) is 7.06. The van der Waals surface area contributed by atoms with Gasteiger partial charge in [-0.25, -0.2) is 0 Å². The van der Waals surface area contributed by atoms with Crippen molar-refractivity contribution in [3.05, 3.63) is 58.7 Å². The molecule has 1 heterocycles. The van der Waals surface area contributed by atoms with Gasteiger partial charge in [-0.3, -0.25) is 9.97 Å². The third-order valence-corrected chi connectivity index (χ3v) is 3.72. The van der Waals surface area contributed by atoms with Crippen molar-refractivity contribution < 1.29 is 0 Å². The van der Waals surface area contributed by atoms with Crippen LogP contribution in [-0.2, 0) is 0 Å². The minimum absolute atomic E-state index is 0.180. The minimum Gasteiger partial charge on any atom is -0.302 e. The highest BCUT2D eigenvalue weighted by atomic mass is 15.0. The van der Waals surface area contributed by atoms with Crippen LogP contribution in [0, 0.1) is 20.8 Å². The Balaban J connectivity index is 2.15. The van der Waals surface area contributed by atoms with Crippen LogP contribution in [0.5, 0.6) is 0 Å². The normalized spacial score (nSPS) is 14.1. The molecule has 1 aromatic carbocycles. The van der Waals surface area contributed by atoms with Crippen LogP contribution in [-0.4, -0.2) is 9.97 Å². The van der Waals surface area contributed by atoms with Crippen LogP contribution in [0.3, 0.4) is 0 Å². The molecule has 106 valence electrons. The number of aryl methyl sites for hydroxylation is 3. The van der Waals surface area contributed by atoms with Crippen LogP contribution >= 0.6 is 0 Å². The average molecular weight is 269 g/mol. The van der Waals surface area contributed by atoms with Gasteiger partial charge in [-0.05, 0) is 45.7 Å². The van der Waals surface area contributed by atoms with E-state index in [-0.39, 0.29) is 12.1 Å². The summed E-state index contributed by atoms with van der Waals surface area (Å²) in [5, 5.41) is 3.61. The molecule has 0 radical (unpaired) electrons. The van der Waals surface area contributed by atoms with Gasteiger partial charge in [-0.2, -0.15) is 0 Å². The largest absolute Gasteiger partial charge is 0.302 e. The summed E-state index contributed by atoms with van der Waals surface area (Å²) in [6.45, 7) is 10.6. The highest BCUT2D eigenvalue weighted by Gasteiger charge is 2.15. The predicted molar refractivity (Wildman–Crippen MR) is 82.7 cm³/mol. The van der Waals surface area contributed by atoms with Crippen LogP contribution in [0.4, 0.5) is 0 Å². The molecule has 20 heavy (non-hydrogen) atoms. The first-order chi connectivity index (χ1) is 9.49. The number of hydrogen-bond donors (Lipinski definition) is 1. The number of nitrogens with zero attached hydrogens (tertiary/aromatic N) is 2. The Bertz CT molecular complexity index is 593. The Kier molecular flexibility index (Phi) is 4.50. The molecule has 0 saturated heterocycles. The fourth-order valence-electron chi connectivity index (χ4n) is 2.70. The zero-order valence-corrected chi connectivity index (χ0v) is 12.9. The lowest BCUT2D eigenvalue weighted by Crippen LogP contribution is -2.24. The van der Waals surface area contributed by atoms with E-state index in [2.05, 4.69) is 61.2 Å². The maximum absolute atomic E-state index is 4.44. The van der Waals surface area contributed by atoms with E-state index >= 15 is 0 Å². The third-order valence-electron chi connectivity index (χ3n) is 3.72. The molecule has 2 aromatic rings. The second-order valence-electron chi connectivity index (χ2n) is 5.50. The van der Waals surface area contributed by atoms with Crippen molar-refractivity contribution in [3.63, 3.8) is 0 Å². The molecular weight excluding hydrogens is 246 g/mol. The Morgan fingerprint density at radius 2 is 1.65 bits per heavy atom. The first kappa shape index (κ1) is 14.7. The molecule has 2 unspecified atom stereocenters. The summed E-state index contributed by atoms with van der Waals surface area (Å²) in [6.07, 6.45) is 3.49. The second-order valence-corrected chi connectivity index (χ2v) is 5.50. The molecule has 3 heteroatoms. The van der Waals surface area contributed by atoms with Crippen molar-refractivity contribution in [2.75, 3.05) is 0 Å². The quantitative estimate of drug-likeness (QED) is 0.917. The highest BCUT2D eigenvalue weighted by molar-refractivity contribution is 5.32. The highest BCUT2D eigenvalue weighted by Crippen LogP contribution is 2.22. The van der Waals surface area contributed by atoms with Crippen molar-refractivity contribution in [2.24, 2.45) is 0 Å². The first-order valence-electron chi connectivity index (χ1n) is 7.09. The maximum atomic E-state index is 4.44. The summed E-state index contributed by atoms with van der Waals surface area (Å²) >= 11 is 0. The average Bonchev–Trinajstić information content (AvgIpc) is 2.38. The van der Waals surface area contributed by atoms with Crippen molar-refractivity contribution in [1.29, 1.82) is 0 Å². The summed E-state index contributed by atoms with van der Waals surface area (Å²) in [7, 11) is 0. The topological polar surface area (TPSA) is 37.8 Å².